The van der Waals surface area contributed by atoms with Crippen molar-refractivity contribution >= 4 is 10.0 Å². The molecule has 1 fully saturated rings. The highest BCUT2D eigenvalue weighted by atomic mass is 32.2. The van der Waals surface area contributed by atoms with Gasteiger partial charge >= 0.3 is 0 Å². The molecule has 1 aliphatic heterocycles. The standard InChI is InChI=1S/C16H22N2O2S/c1-14-7-8-16(15(2)13-14)21(19,20)17-9-3-4-10-18-11-5-6-12-18/h7-8,13,17H,5-6,9-12H2,1-2H3. The van der Waals surface area contributed by atoms with E-state index < -0.39 is 10.0 Å². The second-order valence-electron chi connectivity index (χ2n) is 5.43. The van der Waals surface area contributed by atoms with E-state index in [2.05, 4.69) is 21.5 Å². The number of rotatable bonds is 4. The summed E-state index contributed by atoms with van der Waals surface area (Å²) in [6.45, 7) is 6.84. The minimum atomic E-state index is -3.47. The lowest BCUT2D eigenvalue weighted by Crippen LogP contribution is -2.25. The second-order valence-corrected chi connectivity index (χ2v) is 7.17. The quantitative estimate of drug-likeness (QED) is 0.861. The molecule has 0 unspecified atom stereocenters. The molecule has 4 nitrogen and oxygen atoms in total. The van der Waals surface area contributed by atoms with Gasteiger partial charge in [-0.3, -0.25) is 4.90 Å². The molecule has 0 aromatic heterocycles. The van der Waals surface area contributed by atoms with Crippen molar-refractivity contribution in [1.82, 2.24) is 9.62 Å². The fourth-order valence-electron chi connectivity index (χ4n) is 2.48. The number of aryl methyl sites for hydroxylation is 2. The summed E-state index contributed by atoms with van der Waals surface area (Å²) in [4.78, 5) is 2.61. The van der Waals surface area contributed by atoms with Gasteiger partial charge in [0.15, 0.2) is 0 Å². The zero-order valence-corrected chi connectivity index (χ0v) is 13.5. The third kappa shape index (κ3) is 4.57. The topological polar surface area (TPSA) is 49.4 Å². The van der Waals surface area contributed by atoms with Gasteiger partial charge in [0.25, 0.3) is 0 Å². The first-order valence-corrected chi connectivity index (χ1v) is 8.72. The monoisotopic (exact) mass is 306 g/mol. The Morgan fingerprint density at radius 1 is 1.19 bits per heavy atom. The molecule has 1 aromatic rings. The van der Waals surface area contributed by atoms with Crippen molar-refractivity contribution in [2.24, 2.45) is 0 Å². The number of nitrogens with zero attached hydrogens (tertiary/aromatic N) is 1. The van der Waals surface area contributed by atoms with Gasteiger partial charge in [-0.05, 0) is 51.4 Å². The molecule has 0 atom stereocenters. The fourth-order valence-corrected chi connectivity index (χ4v) is 3.63. The van der Waals surface area contributed by atoms with E-state index in [9.17, 15) is 8.42 Å². The summed E-state index contributed by atoms with van der Waals surface area (Å²) in [6, 6.07) is 5.32. The van der Waals surface area contributed by atoms with Crippen molar-refractivity contribution in [2.75, 3.05) is 26.2 Å². The Morgan fingerprint density at radius 3 is 2.57 bits per heavy atom. The predicted octanol–water partition coefficient (Wildman–Crippen LogP) is 1.68. The molecular formula is C16H22N2O2S. The number of hydrogen-bond donors (Lipinski definition) is 1. The molecule has 0 amide bonds. The maximum Gasteiger partial charge on any atom is 0.241 e. The molecule has 5 heteroatoms. The van der Waals surface area contributed by atoms with E-state index in [1.165, 1.54) is 12.8 Å². The summed E-state index contributed by atoms with van der Waals surface area (Å²) in [6.07, 6.45) is 2.47. The zero-order valence-electron chi connectivity index (χ0n) is 12.6. The SMILES string of the molecule is Cc1ccc(S(=O)(=O)NCC#CCN2CCCC2)c(C)c1. The van der Waals surface area contributed by atoms with Crippen LogP contribution in [0.3, 0.4) is 0 Å². The summed E-state index contributed by atoms with van der Waals surface area (Å²) in [7, 11) is -3.47. The average molecular weight is 306 g/mol. The van der Waals surface area contributed by atoms with Crippen molar-refractivity contribution in [3.05, 3.63) is 29.3 Å². The molecule has 2 rings (SSSR count). The van der Waals surface area contributed by atoms with Gasteiger partial charge < -0.3 is 0 Å². The normalized spacial score (nSPS) is 15.7. The number of benzene rings is 1. The van der Waals surface area contributed by atoms with Gasteiger partial charge in [-0.2, -0.15) is 4.72 Å². The molecule has 21 heavy (non-hydrogen) atoms. The maximum atomic E-state index is 12.2. The molecule has 1 saturated heterocycles. The van der Waals surface area contributed by atoms with Gasteiger partial charge in [0.05, 0.1) is 18.0 Å². The number of hydrogen-bond acceptors (Lipinski definition) is 3. The van der Waals surface area contributed by atoms with E-state index in [1.807, 2.05) is 13.0 Å². The van der Waals surface area contributed by atoms with Crippen molar-refractivity contribution in [1.29, 1.82) is 0 Å². The highest BCUT2D eigenvalue weighted by molar-refractivity contribution is 7.89. The van der Waals surface area contributed by atoms with Crippen LogP contribution in [0.25, 0.3) is 0 Å². The summed E-state index contributed by atoms with van der Waals surface area (Å²) in [5.74, 6) is 5.91. The molecule has 0 aliphatic carbocycles. The second kappa shape index (κ2) is 7.08. The van der Waals surface area contributed by atoms with E-state index in [0.29, 0.717) is 4.90 Å². The Morgan fingerprint density at radius 2 is 1.90 bits per heavy atom. The van der Waals surface area contributed by atoms with Crippen LogP contribution < -0.4 is 4.72 Å². The smallest absolute Gasteiger partial charge is 0.241 e. The maximum absolute atomic E-state index is 12.2. The molecule has 114 valence electrons. The summed E-state index contributed by atoms with van der Waals surface area (Å²) >= 11 is 0. The minimum absolute atomic E-state index is 0.156. The Hall–Kier alpha value is -1.35. The Labute approximate surface area is 127 Å². The lowest BCUT2D eigenvalue weighted by Gasteiger charge is -2.09. The number of nitrogens with one attached hydrogen (secondary N) is 1. The molecule has 1 aromatic carbocycles. The van der Waals surface area contributed by atoms with Crippen LogP contribution in [-0.4, -0.2) is 39.5 Å². The largest absolute Gasteiger partial charge is 0.292 e. The third-order valence-corrected chi connectivity index (χ3v) is 5.16. The van der Waals surface area contributed by atoms with Crippen LogP contribution in [0.4, 0.5) is 0 Å². The third-order valence-electron chi connectivity index (χ3n) is 3.60. The predicted molar refractivity (Wildman–Crippen MR) is 84.6 cm³/mol. The zero-order chi connectivity index (χ0) is 15.3. The van der Waals surface area contributed by atoms with E-state index in [0.717, 1.165) is 30.8 Å². The van der Waals surface area contributed by atoms with Gasteiger partial charge in [-0.15, -0.1) is 0 Å². The first-order chi connectivity index (χ1) is 9.99. The van der Waals surface area contributed by atoms with Gasteiger partial charge in [-0.1, -0.05) is 29.5 Å². The number of likely N-dealkylation sites (tertiary alicyclic amines) is 1. The van der Waals surface area contributed by atoms with Crippen molar-refractivity contribution < 1.29 is 8.42 Å². The van der Waals surface area contributed by atoms with Crippen LogP contribution >= 0.6 is 0 Å². The summed E-state index contributed by atoms with van der Waals surface area (Å²) in [5, 5.41) is 0. The van der Waals surface area contributed by atoms with Crippen LogP contribution in [0.5, 0.6) is 0 Å². The summed E-state index contributed by atoms with van der Waals surface area (Å²) < 4.78 is 26.9. The summed E-state index contributed by atoms with van der Waals surface area (Å²) in [5.41, 5.74) is 1.81. The van der Waals surface area contributed by atoms with Crippen LogP contribution in [-0.2, 0) is 10.0 Å². The first-order valence-electron chi connectivity index (χ1n) is 7.24. The van der Waals surface area contributed by atoms with Crippen molar-refractivity contribution in [2.45, 2.75) is 31.6 Å². The van der Waals surface area contributed by atoms with Crippen LogP contribution in [0.2, 0.25) is 0 Å². The Kier molecular flexibility index (Phi) is 5.40. The molecule has 0 saturated carbocycles. The van der Waals surface area contributed by atoms with E-state index in [-0.39, 0.29) is 6.54 Å². The minimum Gasteiger partial charge on any atom is -0.292 e. The highest BCUT2D eigenvalue weighted by Gasteiger charge is 2.15. The van der Waals surface area contributed by atoms with Gasteiger partial charge in [0, 0.05) is 0 Å². The Balaban J connectivity index is 1.90. The van der Waals surface area contributed by atoms with Crippen LogP contribution in [0.15, 0.2) is 23.1 Å². The van der Waals surface area contributed by atoms with Crippen LogP contribution in [0.1, 0.15) is 24.0 Å². The molecule has 0 bridgehead atoms. The van der Waals surface area contributed by atoms with Gasteiger partial charge in [0.2, 0.25) is 10.0 Å². The van der Waals surface area contributed by atoms with Gasteiger partial charge in [0.1, 0.15) is 0 Å². The van der Waals surface area contributed by atoms with Crippen LogP contribution in [0, 0.1) is 25.7 Å². The van der Waals surface area contributed by atoms with E-state index in [4.69, 9.17) is 0 Å². The first kappa shape index (κ1) is 16.0. The van der Waals surface area contributed by atoms with Crippen molar-refractivity contribution in [3.8, 4) is 11.8 Å². The number of sulfonamides is 1. The van der Waals surface area contributed by atoms with E-state index >= 15 is 0 Å². The Bertz CT molecular complexity index is 651. The molecular weight excluding hydrogens is 284 g/mol. The average Bonchev–Trinajstić information content (AvgIpc) is 2.91. The van der Waals surface area contributed by atoms with E-state index in [1.54, 1.807) is 19.1 Å². The molecule has 1 heterocycles. The molecule has 1 aliphatic rings. The fraction of sp³-hybridized carbons (Fsp3) is 0.500. The molecule has 1 N–H and O–H groups in total. The molecule has 0 radical (unpaired) electrons. The lowest BCUT2D eigenvalue weighted by atomic mass is 10.2. The van der Waals surface area contributed by atoms with Crippen molar-refractivity contribution in [3.63, 3.8) is 0 Å². The highest BCUT2D eigenvalue weighted by Crippen LogP contribution is 2.15. The lowest BCUT2D eigenvalue weighted by molar-refractivity contribution is 0.383. The van der Waals surface area contributed by atoms with Gasteiger partial charge in [-0.25, -0.2) is 8.42 Å². The molecule has 0 spiro atoms.